The Balaban J connectivity index is 2.92. The first-order valence-corrected chi connectivity index (χ1v) is 5.05. The molecule has 1 heterocycles. The fourth-order valence-corrected chi connectivity index (χ4v) is 1.12. The first-order chi connectivity index (χ1) is 7.84. The Hall–Kier alpha value is -1.37. The van der Waals surface area contributed by atoms with E-state index in [9.17, 15) is 13.2 Å². The molecule has 4 nitrogen and oxygen atoms in total. The van der Waals surface area contributed by atoms with Gasteiger partial charge in [0.25, 0.3) is 0 Å². The molecule has 1 aromatic rings. The molecule has 0 bridgehead atoms. The van der Waals surface area contributed by atoms with Gasteiger partial charge < -0.3 is 10.1 Å². The second-order valence-corrected chi connectivity index (χ2v) is 3.58. The van der Waals surface area contributed by atoms with E-state index in [1.54, 1.807) is 14.0 Å². The molecule has 96 valence electrons. The SMILES string of the molecule is CNCc1cnc(C)nc1OC(C)C(F)(F)F. The first-order valence-electron chi connectivity index (χ1n) is 5.05. The van der Waals surface area contributed by atoms with Crippen LogP contribution >= 0.6 is 0 Å². The minimum atomic E-state index is -4.41. The molecule has 0 aliphatic rings. The summed E-state index contributed by atoms with van der Waals surface area (Å²) in [5.74, 6) is 0.339. The van der Waals surface area contributed by atoms with Crippen LogP contribution in [0.25, 0.3) is 0 Å². The van der Waals surface area contributed by atoms with E-state index in [0.29, 0.717) is 17.9 Å². The number of alkyl halides is 3. The van der Waals surface area contributed by atoms with Gasteiger partial charge >= 0.3 is 6.18 Å². The summed E-state index contributed by atoms with van der Waals surface area (Å²) >= 11 is 0. The van der Waals surface area contributed by atoms with Gasteiger partial charge in [-0.1, -0.05) is 0 Å². The monoisotopic (exact) mass is 249 g/mol. The van der Waals surface area contributed by atoms with E-state index in [0.717, 1.165) is 6.92 Å². The third-order valence-electron chi connectivity index (χ3n) is 2.06. The highest BCUT2D eigenvalue weighted by Crippen LogP contribution is 2.25. The highest BCUT2D eigenvalue weighted by molar-refractivity contribution is 5.23. The normalized spacial score (nSPS) is 13.5. The van der Waals surface area contributed by atoms with Crippen LogP contribution < -0.4 is 10.1 Å². The smallest absolute Gasteiger partial charge is 0.425 e. The van der Waals surface area contributed by atoms with Gasteiger partial charge in [-0.15, -0.1) is 0 Å². The standard InChI is InChI=1S/C10H14F3N3O/c1-6(10(11,12)13)17-9-8(4-14-3)5-15-7(2)16-9/h5-6,14H,4H2,1-3H3. The lowest BCUT2D eigenvalue weighted by molar-refractivity contribution is -0.190. The molecule has 0 aromatic carbocycles. The van der Waals surface area contributed by atoms with Crippen LogP contribution in [0.15, 0.2) is 6.20 Å². The Morgan fingerprint density at radius 2 is 2.12 bits per heavy atom. The largest absolute Gasteiger partial charge is 0.465 e. The first kappa shape index (κ1) is 13.7. The molecule has 0 fully saturated rings. The van der Waals surface area contributed by atoms with Crippen molar-refractivity contribution in [3.05, 3.63) is 17.6 Å². The van der Waals surface area contributed by atoms with Gasteiger partial charge in [-0.3, -0.25) is 0 Å². The minimum Gasteiger partial charge on any atom is -0.465 e. The maximum Gasteiger partial charge on any atom is 0.425 e. The minimum absolute atomic E-state index is 0.0309. The van der Waals surface area contributed by atoms with Crippen molar-refractivity contribution in [2.45, 2.75) is 32.7 Å². The highest BCUT2D eigenvalue weighted by atomic mass is 19.4. The fraction of sp³-hybridized carbons (Fsp3) is 0.600. The molecule has 1 rings (SSSR count). The van der Waals surface area contributed by atoms with Crippen molar-refractivity contribution >= 4 is 0 Å². The van der Waals surface area contributed by atoms with E-state index in [1.807, 2.05) is 0 Å². The van der Waals surface area contributed by atoms with Crippen LogP contribution in [0.3, 0.4) is 0 Å². The molecule has 7 heteroatoms. The van der Waals surface area contributed by atoms with Crippen LogP contribution in [0.2, 0.25) is 0 Å². The number of ether oxygens (including phenoxy) is 1. The summed E-state index contributed by atoms with van der Waals surface area (Å²) in [5.41, 5.74) is 0.495. The summed E-state index contributed by atoms with van der Waals surface area (Å²) in [6, 6.07) is 0. The van der Waals surface area contributed by atoms with Crippen LogP contribution in [0.1, 0.15) is 18.3 Å². The Labute approximate surface area is 97.2 Å². The Bertz CT molecular complexity index is 382. The molecule has 0 aliphatic carbocycles. The predicted molar refractivity (Wildman–Crippen MR) is 55.7 cm³/mol. The topological polar surface area (TPSA) is 47.0 Å². The lowest BCUT2D eigenvalue weighted by atomic mass is 10.3. The summed E-state index contributed by atoms with van der Waals surface area (Å²) in [6.45, 7) is 2.88. The van der Waals surface area contributed by atoms with Crippen molar-refractivity contribution in [1.82, 2.24) is 15.3 Å². The number of hydrogen-bond donors (Lipinski definition) is 1. The molecule has 0 saturated heterocycles. The van der Waals surface area contributed by atoms with E-state index in [1.165, 1.54) is 6.20 Å². The van der Waals surface area contributed by atoms with Crippen molar-refractivity contribution in [3.8, 4) is 5.88 Å². The van der Waals surface area contributed by atoms with Gasteiger partial charge in [-0.05, 0) is 20.9 Å². The lowest BCUT2D eigenvalue weighted by Gasteiger charge is -2.18. The van der Waals surface area contributed by atoms with Crippen molar-refractivity contribution in [2.24, 2.45) is 0 Å². The second kappa shape index (κ2) is 5.31. The molecule has 17 heavy (non-hydrogen) atoms. The van der Waals surface area contributed by atoms with Crippen LogP contribution in [0.4, 0.5) is 13.2 Å². The zero-order valence-electron chi connectivity index (χ0n) is 9.80. The number of aromatic nitrogens is 2. The quantitative estimate of drug-likeness (QED) is 0.884. The lowest BCUT2D eigenvalue weighted by Crippen LogP contribution is -2.32. The van der Waals surface area contributed by atoms with Crippen molar-refractivity contribution in [3.63, 3.8) is 0 Å². The number of aryl methyl sites for hydroxylation is 1. The molecule has 0 amide bonds. The summed E-state index contributed by atoms with van der Waals surface area (Å²) in [7, 11) is 1.68. The number of nitrogens with zero attached hydrogens (tertiary/aromatic N) is 2. The maximum absolute atomic E-state index is 12.4. The summed E-state index contributed by atoms with van der Waals surface area (Å²) in [6.07, 6.45) is -4.85. The highest BCUT2D eigenvalue weighted by Gasteiger charge is 2.38. The molecular weight excluding hydrogens is 235 g/mol. The average Bonchev–Trinajstić information content (AvgIpc) is 2.21. The van der Waals surface area contributed by atoms with E-state index >= 15 is 0 Å². The third kappa shape index (κ3) is 3.85. The van der Waals surface area contributed by atoms with Crippen LogP contribution in [-0.4, -0.2) is 29.3 Å². The molecule has 1 atom stereocenters. The van der Waals surface area contributed by atoms with Crippen molar-refractivity contribution in [1.29, 1.82) is 0 Å². The number of nitrogens with one attached hydrogen (secondary N) is 1. The number of halogens is 3. The Morgan fingerprint density at radius 1 is 1.47 bits per heavy atom. The van der Waals surface area contributed by atoms with Crippen LogP contribution in [0, 0.1) is 6.92 Å². The molecule has 0 aliphatic heterocycles. The molecule has 0 saturated carbocycles. The van der Waals surface area contributed by atoms with E-state index in [2.05, 4.69) is 15.3 Å². The summed E-state index contributed by atoms with van der Waals surface area (Å²) in [4.78, 5) is 7.79. The van der Waals surface area contributed by atoms with Gasteiger partial charge in [0.05, 0.1) is 0 Å². The number of hydrogen-bond acceptors (Lipinski definition) is 4. The molecule has 0 spiro atoms. The van der Waals surface area contributed by atoms with E-state index < -0.39 is 12.3 Å². The molecule has 1 aromatic heterocycles. The maximum atomic E-state index is 12.4. The second-order valence-electron chi connectivity index (χ2n) is 3.58. The van der Waals surface area contributed by atoms with Crippen LogP contribution in [-0.2, 0) is 6.54 Å². The van der Waals surface area contributed by atoms with Gasteiger partial charge in [0.15, 0.2) is 6.10 Å². The average molecular weight is 249 g/mol. The van der Waals surface area contributed by atoms with E-state index in [-0.39, 0.29) is 5.88 Å². The Morgan fingerprint density at radius 3 is 2.65 bits per heavy atom. The Kier molecular flexibility index (Phi) is 4.28. The van der Waals surface area contributed by atoms with Gasteiger partial charge in [-0.2, -0.15) is 18.2 Å². The molecule has 0 radical (unpaired) electrons. The molecule has 1 N–H and O–H groups in total. The van der Waals surface area contributed by atoms with Gasteiger partial charge in [0.2, 0.25) is 5.88 Å². The molecular formula is C10H14F3N3O. The fourth-order valence-electron chi connectivity index (χ4n) is 1.12. The van der Waals surface area contributed by atoms with Crippen LogP contribution in [0.5, 0.6) is 5.88 Å². The van der Waals surface area contributed by atoms with Gasteiger partial charge in [0, 0.05) is 18.3 Å². The van der Waals surface area contributed by atoms with Gasteiger partial charge in [-0.25, -0.2) is 4.98 Å². The summed E-state index contributed by atoms with van der Waals surface area (Å²) < 4.78 is 41.9. The third-order valence-corrected chi connectivity index (χ3v) is 2.06. The van der Waals surface area contributed by atoms with Crippen molar-refractivity contribution in [2.75, 3.05) is 7.05 Å². The summed E-state index contributed by atoms with van der Waals surface area (Å²) in [5, 5.41) is 2.81. The van der Waals surface area contributed by atoms with E-state index in [4.69, 9.17) is 4.74 Å². The molecule has 1 unspecified atom stereocenters. The zero-order chi connectivity index (χ0) is 13.1. The van der Waals surface area contributed by atoms with Gasteiger partial charge in [0.1, 0.15) is 5.82 Å². The van der Waals surface area contributed by atoms with Crippen molar-refractivity contribution < 1.29 is 17.9 Å². The predicted octanol–water partition coefficient (Wildman–Crippen LogP) is 1.83. The zero-order valence-corrected chi connectivity index (χ0v) is 9.80. The number of rotatable bonds is 4.